The Hall–Kier alpha value is -3.94. The molecule has 39 heavy (non-hydrogen) atoms. The summed E-state index contributed by atoms with van der Waals surface area (Å²) in [5.74, 6) is 0.854. The average molecular weight is 528 g/mol. The van der Waals surface area contributed by atoms with Gasteiger partial charge in [0.05, 0.1) is 6.61 Å². The zero-order chi connectivity index (χ0) is 27.3. The molecule has 3 aromatic carbocycles. The monoisotopic (exact) mass is 527 g/mol. The van der Waals surface area contributed by atoms with E-state index in [1.807, 2.05) is 97.1 Å². The minimum absolute atomic E-state index is 0.0831. The van der Waals surface area contributed by atoms with Crippen LogP contribution in [-0.2, 0) is 9.53 Å². The number of hydrogen-bond donors (Lipinski definition) is 3. The lowest BCUT2D eigenvalue weighted by Gasteiger charge is -2.29. The van der Waals surface area contributed by atoms with Gasteiger partial charge in [0.2, 0.25) is 5.90 Å². The van der Waals surface area contributed by atoms with Crippen molar-refractivity contribution in [2.24, 2.45) is 4.99 Å². The Morgan fingerprint density at radius 3 is 2.44 bits per heavy atom. The predicted octanol–water partition coefficient (Wildman–Crippen LogP) is 5.23. The van der Waals surface area contributed by atoms with E-state index in [-0.39, 0.29) is 12.5 Å². The minimum atomic E-state index is -1.22. The van der Waals surface area contributed by atoms with Crippen molar-refractivity contribution in [1.82, 2.24) is 10.9 Å². The van der Waals surface area contributed by atoms with Crippen LogP contribution < -0.4 is 15.6 Å². The Bertz CT molecular complexity index is 1230. The van der Waals surface area contributed by atoms with Crippen LogP contribution in [0.25, 0.3) is 6.08 Å². The van der Waals surface area contributed by atoms with Gasteiger partial charge in [-0.25, -0.2) is 10.4 Å². The summed E-state index contributed by atoms with van der Waals surface area (Å²) in [6, 6.07) is 27.2. The summed E-state index contributed by atoms with van der Waals surface area (Å²) in [4.78, 5) is 18.9. The first-order valence-electron chi connectivity index (χ1n) is 13.6. The number of carbonyl (C=O) groups is 1. The Morgan fingerprint density at radius 1 is 1.03 bits per heavy atom. The highest BCUT2D eigenvalue weighted by atomic mass is 16.5. The van der Waals surface area contributed by atoms with E-state index in [4.69, 9.17) is 19.6 Å². The molecule has 1 aliphatic rings. The first kappa shape index (κ1) is 28.1. The zero-order valence-electron chi connectivity index (χ0n) is 22.4. The highest BCUT2D eigenvalue weighted by molar-refractivity contribution is 6.01. The van der Waals surface area contributed by atoms with Crippen molar-refractivity contribution >= 4 is 17.9 Å². The number of hydrazine groups is 1. The van der Waals surface area contributed by atoms with Gasteiger partial charge in [0.25, 0.3) is 5.91 Å². The fraction of sp³-hybridized carbons (Fsp3) is 0.312. The maximum atomic E-state index is 13.9. The molecule has 1 aliphatic heterocycles. The van der Waals surface area contributed by atoms with E-state index in [0.717, 1.165) is 29.5 Å². The van der Waals surface area contributed by atoms with Crippen LogP contribution in [0.1, 0.15) is 55.4 Å². The first-order chi connectivity index (χ1) is 19.2. The molecule has 3 N–H and O–H groups in total. The SMILES string of the molecule is CCCCNNC(=O)[C@@]1(C/C=C/c2ccccc2)N=C(c2ccc(OCCCO)cc2)O[C@H]1c1ccccc1. The van der Waals surface area contributed by atoms with E-state index in [1.165, 1.54) is 0 Å². The molecule has 0 bridgehead atoms. The van der Waals surface area contributed by atoms with Crippen LogP contribution in [0.2, 0.25) is 0 Å². The van der Waals surface area contributed by atoms with Crippen LogP contribution in [0.5, 0.6) is 5.75 Å². The van der Waals surface area contributed by atoms with Crippen molar-refractivity contribution in [3.05, 3.63) is 108 Å². The molecule has 0 radical (unpaired) electrons. The molecule has 0 saturated carbocycles. The number of unbranched alkanes of at least 4 members (excludes halogenated alkanes) is 1. The average Bonchev–Trinajstić information content (AvgIpc) is 3.37. The van der Waals surface area contributed by atoms with Crippen molar-refractivity contribution in [2.45, 2.75) is 44.2 Å². The fourth-order valence-electron chi connectivity index (χ4n) is 4.40. The maximum absolute atomic E-state index is 13.9. The third kappa shape index (κ3) is 7.34. The van der Waals surface area contributed by atoms with Gasteiger partial charge in [0.15, 0.2) is 11.6 Å². The van der Waals surface area contributed by atoms with Crippen LogP contribution in [0, 0.1) is 0 Å². The van der Waals surface area contributed by atoms with Crippen molar-refractivity contribution in [1.29, 1.82) is 0 Å². The molecule has 0 fully saturated rings. The molecule has 4 rings (SSSR count). The fourth-order valence-corrected chi connectivity index (χ4v) is 4.40. The number of aliphatic hydroxyl groups is 1. The van der Waals surface area contributed by atoms with Crippen LogP contribution in [-0.4, -0.2) is 42.2 Å². The summed E-state index contributed by atoms with van der Waals surface area (Å²) in [6.07, 6.45) is 6.25. The van der Waals surface area contributed by atoms with Crippen LogP contribution in [0.3, 0.4) is 0 Å². The Balaban J connectivity index is 1.68. The van der Waals surface area contributed by atoms with Crippen LogP contribution in [0.15, 0.2) is 96.0 Å². The van der Waals surface area contributed by atoms with Gasteiger partial charge in [-0.05, 0) is 41.8 Å². The van der Waals surface area contributed by atoms with Gasteiger partial charge in [-0.2, -0.15) is 0 Å². The van der Waals surface area contributed by atoms with Crippen molar-refractivity contribution in [3.63, 3.8) is 0 Å². The molecule has 0 spiro atoms. The largest absolute Gasteiger partial charge is 0.494 e. The molecule has 0 aromatic heterocycles. The third-order valence-electron chi connectivity index (χ3n) is 6.53. The third-order valence-corrected chi connectivity index (χ3v) is 6.53. The molecule has 1 amide bonds. The summed E-state index contributed by atoms with van der Waals surface area (Å²) in [5, 5.41) is 9.00. The molecular formula is C32H37N3O4. The van der Waals surface area contributed by atoms with Gasteiger partial charge < -0.3 is 14.6 Å². The lowest BCUT2D eigenvalue weighted by atomic mass is 9.84. The number of nitrogens with zero attached hydrogens (tertiary/aromatic N) is 1. The maximum Gasteiger partial charge on any atom is 0.266 e. The molecule has 2 atom stereocenters. The van der Waals surface area contributed by atoms with Gasteiger partial charge in [-0.1, -0.05) is 86.2 Å². The number of carbonyl (C=O) groups excluding carboxylic acids is 1. The number of aliphatic imine (C=N–C) groups is 1. The molecule has 7 heteroatoms. The molecule has 1 heterocycles. The van der Waals surface area contributed by atoms with Gasteiger partial charge in [0, 0.05) is 31.6 Å². The quantitative estimate of drug-likeness (QED) is 0.197. The molecule has 7 nitrogen and oxygen atoms in total. The first-order valence-corrected chi connectivity index (χ1v) is 13.6. The van der Waals surface area contributed by atoms with E-state index in [2.05, 4.69) is 17.8 Å². The number of nitrogens with one attached hydrogen (secondary N) is 2. The number of rotatable bonds is 14. The second-order valence-electron chi connectivity index (χ2n) is 9.45. The highest BCUT2D eigenvalue weighted by Gasteiger charge is 2.52. The number of amides is 1. The summed E-state index contributed by atoms with van der Waals surface area (Å²) < 4.78 is 12.2. The Labute approximate surface area is 230 Å². The summed E-state index contributed by atoms with van der Waals surface area (Å²) in [6.45, 7) is 3.30. The summed E-state index contributed by atoms with van der Waals surface area (Å²) in [7, 11) is 0. The molecule has 0 unspecified atom stereocenters. The zero-order valence-corrected chi connectivity index (χ0v) is 22.4. The lowest BCUT2D eigenvalue weighted by molar-refractivity contribution is -0.129. The van der Waals surface area contributed by atoms with Gasteiger partial charge in [-0.15, -0.1) is 0 Å². The van der Waals surface area contributed by atoms with Crippen molar-refractivity contribution in [3.8, 4) is 5.75 Å². The molecule has 204 valence electrons. The van der Waals surface area contributed by atoms with Crippen molar-refractivity contribution < 1.29 is 19.4 Å². The van der Waals surface area contributed by atoms with Crippen molar-refractivity contribution in [2.75, 3.05) is 19.8 Å². The Kier molecular flexibility index (Phi) is 10.3. The smallest absolute Gasteiger partial charge is 0.266 e. The van der Waals surface area contributed by atoms with E-state index >= 15 is 0 Å². The number of benzene rings is 3. The van der Waals surface area contributed by atoms with E-state index < -0.39 is 11.6 Å². The minimum Gasteiger partial charge on any atom is -0.494 e. The normalized spacial score (nSPS) is 18.5. The topological polar surface area (TPSA) is 92.2 Å². The lowest BCUT2D eigenvalue weighted by Crippen LogP contribution is -2.52. The molecule has 3 aromatic rings. The number of ether oxygens (including phenoxy) is 2. The second kappa shape index (κ2) is 14.3. The summed E-state index contributed by atoms with van der Waals surface area (Å²) in [5.41, 5.74) is 7.43. The van der Waals surface area contributed by atoms with Gasteiger partial charge in [-0.3, -0.25) is 10.2 Å². The number of aliphatic hydroxyl groups excluding tert-OH is 1. The van der Waals surface area contributed by atoms with Crippen LogP contribution in [0.4, 0.5) is 0 Å². The van der Waals surface area contributed by atoms with Crippen LogP contribution >= 0.6 is 0 Å². The van der Waals surface area contributed by atoms with Gasteiger partial charge >= 0.3 is 0 Å². The van der Waals surface area contributed by atoms with Gasteiger partial charge in [0.1, 0.15) is 5.75 Å². The molecule has 0 saturated heterocycles. The second-order valence-corrected chi connectivity index (χ2v) is 9.45. The number of hydrogen-bond acceptors (Lipinski definition) is 6. The summed E-state index contributed by atoms with van der Waals surface area (Å²) >= 11 is 0. The molecular weight excluding hydrogens is 490 g/mol. The van der Waals surface area contributed by atoms with E-state index in [0.29, 0.717) is 37.6 Å². The van der Waals surface area contributed by atoms with E-state index in [1.54, 1.807) is 0 Å². The Morgan fingerprint density at radius 2 is 1.74 bits per heavy atom. The predicted molar refractivity (Wildman–Crippen MR) is 154 cm³/mol. The highest BCUT2D eigenvalue weighted by Crippen LogP contribution is 2.42. The molecule has 0 aliphatic carbocycles. The standard InChI is InChI=1S/C32H37N3O4/c1-2-3-22-33-35-31(37)32(21-10-14-25-12-6-4-7-13-25)29(26-15-8-5-9-16-26)39-30(34-32)27-17-19-28(20-18-27)38-24-11-23-36/h4-10,12-20,29,33,36H,2-3,11,21-24H2,1H3,(H,35,37)/b14-10+/t29-,32-/m0/s1. The van der Waals surface area contributed by atoms with E-state index in [9.17, 15) is 4.79 Å².